The first-order valence-corrected chi connectivity index (χ1v) is 6.22. The topological polar surface area (TPSA) is 57.5 Å². The Balaban J connectivity index is 2.80. The Morgan fingerprint density at radius 2 is 2.18 bits per heavy atom. The van der Waals surface area contributed by atoms with Crippen LogP contribution in [0.2, 0.25) is 0 Å². The average molecular weight is 258 g/mol. The first kappa shape index (κ1) is 14.0. The number of benzene rings is 1. The summed E-state index contributed by atoms with van der Waals surface area (Å²) in [4.78, 5) is 11.4. The maximum Gasteiger partial charge on any atom is 0.338 e. The molecule has 0 fully saturated rings. The highest BCUT2D eigenvalue weighted by molar-refractivity contribution is 7.99. The second-order valence-corrected chi connectivity index (χ2v) is 5.13. The number of halogens is 1. The molecule has 1 unspecified atom stereocenters. The smallest absolute Gasteiger partial charge is 0.338 e. The SMILES string of the molecule is CCC(C)(O)CSc1ccc(F)c(C(=O)O)c1. The summed E-state index contributed by atoms with van der Waals surface area (Å²) in [6.07, 6.45) is 0.604. The fourth-order valence-electron chi connectivity index (χ4n) is 1.10. The summed E-state index contributed by atoms with van der Waals surface area (Å²) in [5, 5.41) is 18.6. The largest absolute Gasteiger partial charge is 0.478 e. The second-order valence-electron chi connectivity index (χ2n) is 4.09. The predicted molar refractivity (Wildman–Crippen MR) is 65.0 cm³/mol. The van der Waals surface area contributed by atoms with Gasteiger partial charge in [-0.15, -0.1) is 11.8 Å². The Kier molecular flexibility index (Phi) is 4.54. The van der Waals surface area contributed by atoms with Crippen molar-refractivity contribution in [2.24, 2.45) is 0 Å². The van der Waals surface area contributed by atoms with E-state index < -0.39 is 17.4 Å². The molecule has 94 valence electrons. The Morgan fingerprint density at radius 3 is 2.71 bits per heavy atom. The molecule has 17 heavy (non-hydrogen) atoms. The van der Waals surface area contributed by atoms with Crippen molar-refractivity contribution < 1.29 is 19.4 Å². The molecule has 1 atom stereocenters. The van der Waals surface area contributed by atoms with Gasteiger partial charge in [-0.05, 0) is 31.5 Å². The van der Waals surface area contributed by atoms with Crippen LogP contribution in [0.5, 0.6) is 0 Å². The van der Waals surface area contributed by atoms with Gasteiger partial charge in [0.05, 0.1) is 11.2 Å². The molecule has 0 bridgehead atoms. The summed E-state index contributed by atoms with van der Waals surface area (Å²) in [7, 11) is 0. The van der Waals surface area contributed by atoms with E-state index in [-0.39, 0.29) is 5.56 Å². The van der Waals surface area contributed by atoms with Gasteiger partial charge < -0.3 is 10.2 Å². The van der Waals surface area contributed by atoms with Gasteiger partial charge in [-0.1, -0.05) is 6.92 Å². The van der Waals surface area contributed by atoms with Crippen LogP contribution in [0, 0.1) is 5.82 Å². The molecule has 0 aromatic heterocycles. The molecule has 0 aliphatic carbocycles. The number of aromatic carboxylic acids is 1. The van der Waals surface area contributed by atoms with Crippen LogP contribution in [-0.4, -0.2) is 27.5 Å². The Hall–Kier alpha value is -1.07. The van der Waals surface area contributed by atoms with Crippen molar-refractivity contribution in [3.8, 4) is 0 Å². The van der Waals surface area contributed by atoms with Crippen LogP contribution in [-0.2, 0) is 0 Å². The van der Waals surface area contributed by atoms with Crippen molar-refractivity contribution in [3.63, 3.8) is 0 Å². The lowest BCUT2D eigenvalue weighted by atomic mass is 10.1. The van der Waals surface area contributed by atoms with Gasteiger partial charge in [0, 0.05) is 10.6 Å². The number of hydrogen-bond acceptors (Lipinski definition) is 3. The quantitative estimate of drug-likeness (QED) is 0.797. The van der Waals surface area contributed by atoms with Crippen LogP contribution < -0.4 is 0 Å². The number of thioether (sulfide) groups is 1. The van der Waals surface area contributed by atoms with Crippen molar-refractivity contribution >= 4 is 17.7 Å². The van der Waals surface area contributed by atoms with Gasteiger partial charge in [0.2, 0.25) is 0 Å². The normalized spacial score (nSPS) is 14.4. The molecule has 1 aromatic carbocycles. The van der Waals surface area contributed by atoms with E-state index in [2.05, 4.69) is 0 Å². The molecule has 0 aliphatic heterocycles. The molecule has 0 spiro atoms. The zero-order valence-electron chi connectivity index (χ0n) is 9.74. The lowest BCUT2D eigenvalue weighted by molar-refractivity contribution is 0.0691. The van der Waals surface area contributed by atoms with Gasteiger partial charge in [0.15, 0.2) is 0 Å². The van der Waals surface area contributed by atoms with E-state index >= 15 is 0 Å². The first-order valence-electron chi connectivity index (χ1n) is 5.24. The monoisotopic (exact) mass is 258 g/mol. The minimum atomic E-state index is -1.28. The summed E-state index contributed by atoms with van der Waals surface area (Å²) < 4.78 is 13.1. The van der Waals surface area contributed by atoms with Crippen LogP contribution in [0.3, 0.4) is 0 Å². The first-order chi connectivity index (χ1) is 7.85. The molecule has 0 amide bonds. The van der Waals surface area contributed by atoms with E-state index in [1.807, 2.05) is 6.92 Å². The van der Waals surface area contributed by atoms with Crippen LogP contribution >= 0.6 is 11.8 Å². The third-order valence-corrected chi connectivity index (χ3v) is 3.83. The molecule has 0 saturated carbocycles. The van der Waals surface area contributed by atoms with Crippen molar-refractivity contribution in [2.75, 3.05) is 5.75 Å². The fourth-order valence-corrected chi connectivity index (χ4v) is 2.15. The van der Waals surface area contributed by atoms with E-state index in [1.165, 1.54) is 23.9 Å². The highest BCUT2D eigenvalue weighted by Crippen LogP contribution is 2.26. The maximum atomic E-state index is 13.1. The van der Waals surface area contributed by atoms with E-state index in [4.69, 9.17) is 5.11 Å². The van der Waals surface area contributed by atoms with Gasteiger partial charge in [0.1, 0.15) is 5.82 Å². The minimum Gasteiger partial charge on any atom is -0.478 e. The molecule has 1 aromatic rings. The molecular weight excluding hydrogens is 243 g/mol. The number of carbonyl (C=O) groups is 1. The lowest BCUT2D eigenvalue weighted by Gasteiger charge is -2.20. The molecule has 0 saturated heterocycles. The summed E-state index contributed by atoms with van der Waals surface area (Å²) in [6.45, 7) is 3.58. The van der Waals surface area contributed by atoms with Gasteiger partial charge >= 0.3 is 5.97 Å². The molecule has 0 heterocycles. The zero-order valence-corrected chi connectivity index (χ0v) is 10.6. The highest BCUT2D eigenvalue weighted by atomic mass is 32.2. The van der Waals surface area contributed by atoms with Crippen LogP contribution in [0.4, 0.5) is 4.39 Å². The predicted octanol–water partition coefficient (Wildman–Crippen LogP) is 2.78. The number of aliphatic hydroxyl groups is 1. The van der Waals surface area contributed by atoms with Crippen LogP contribution in [0.1, 0.15) is 30.6 Å². The Labute approximate surface area is 104 Å². The van der Waals surface area contributed by atoms with E-state index in [0.29, 0.717) is 17.1 Å². The minimum absolute atomic E-state index is 0.342. The molecule has 0 radical (unpaired) electrons. The number of hydrogen-bond donors (Lipinski definition) is 2. The van der Waals surface area contributed by atoms with Gasteiger partial charge in [-0.3, -0.25) is 0 Å². The van der Waals surface area contributed by atoms with Gasteiger partial charge in [-0.2, -0.15) is 0 Å². The molecule has 0 aliphatic rings. The van der Waals surface area contributed by atoms with Crippen LogP contribution in [0.15, 0.2) is 23.1 Å². The second kappa shape index (κ2) is 5.51. The molecule has 5 heteroatoms. The summed E-state index contributed by atoms with van der Waals surface area (Å²) in [5.74, 6) is -1.59. The van der Waals surface area contributed by atoms with Crippen molar-refractivity contribution in [3.05, 3.63) is 29.6 Å². The third-order valence-electron chi connectivity index (χ3n) is 2.48. The van der Waals surface area contributed by atoms with E-state index in [1.54, 1.807) is 6.92 Å². The fraction of sp³-hybridized carbons (Fsp3) is 0.417. The van der Waals surface area contributed by atoms with Crippen molar-refractivity contribution in [2.45, 2.75) is 30.8 Å². The Bertz CT molecular complexity index is 418. The maximum absolute atomic E-state index is 13.1. The summed E-state index contributed by atoms with van der Waals surface area (Å²) >= 11 is 1.31. The van der Waals surface area contributed by atoms with Gasteiger partial charge in [0.25, 0.3) is 0 Å². The van der Waals surface area contributed by atoms with E-state index in [0.717, 1.165) is 6.07 Å². The van der Waals surface area contributed by atoms with Crippen molar-refractivity contribution in [1.29, 1.82) is 0 Å². The number of carboxylic acid groups (broad SMARTS) is 1. The third kappa shape index (κ3) is 4.02. The number of carboxylic acids is 1. The standard InChI is InChI=1S/C12H15FO3S/c1-3-12(2,16)7-17-8-4-5-10(13)9(6-8)11(14)15/h4-6,16H,3,7H2,1-2H3,(H,14,15). The van der Waals surface area contributed by atoms with Crippen LogP contribution in [0.25, 0.3) is 0 Å². The van der Waals surface area contributed by atoms with Crippen molar-refractivity contribution in [1.82, 2.24) is 0 Å². The number of rotatable bonds is 5. The van der Waals surface area contributed by atoms with E-state index in [9.17, 15) is 14.3 Å². The lowest BCUT2D eigenvalue weighted by Crippen LogP contribution is -2.25. The molecule has 1 rings (SSSR count). The molecule has 2 N–H and O–H groups in total. The average Bonchev–Trinajstić information content (AvgIpc) is 2.27. The Morgan fingerprint density at radius 1 is 1.53 bits per heavy atom. The summed E-state index contributed by atoms with van der Waals surface area (Å²) in [6, 6.07) is 3.93. The zero-order chi connectivity index (χ0) is 13.1. The molecular formula is C12H15FO3S. The highest BCUT2D eigenvalue weighted by Gasteiger charge is 2.18. The van der Waals surface area contributed by atoms with Gasteiger partial charge in [-0.25, -0.2) is 9.18 Å². The summed E-state index contributed by atoms with van der Waals surface area (Å²) in [5.41, 5.74) is -1.14. The molecule has 3 nitrogen and oxygen atoms in total.